The van der Waals surface area contributed by atoms with Crippen molar-refractivity contribution < 1.29 is 37.2 Å². The molecule has 0 aliphatic rings. The zero-order valence-corrected chi connectivity index (χ0v) is 17.6. The van der Waals surface area contributed by atoms with Crippen molar-refractivity contribution in [2.75, 3.05) is 20.3 Å². The normalized spacial score (nSPS) is 10.8. The third-order valence-corrected chi connectivity index (χ3v) is 5.04. The minimum Gasteiger partial charge on any atom is -0.465 e. The molecule has 0 aliphatic heterocycles. The summed E-state index contributed by atoms with van der Waals surface area (Å²) >= 11 is 0. The van der Waals surface area contributed by atoms with Crippen molar-refractivity contribution in [1.82, 2.24) is 5.32 Å². The lowest BCUT2D eigenvalue weighted by molar-refractivity contribution is -0.384. The van der Waals surface area contributed by atoms with Gasteiger partial charge in [0, 0.05) is 18.7 Å². The summed E-state index contributed by atoms with van der Waals surface area (Å²) in [6, 6.07) is 8.71. The Kier molecular flexibility index (Phi) is 7.98. The van der Waals surface area contributed by atoms with Gasteiger partial charge in [-0.2, -0.15) is 0 Å². The largest absolute Gasteiger partial charge is 0.465 e. The molecule has 0 fully saturated rings. The molecule has 0 atom stereocenters. The van der Waals surface area contributed by atoms with Crippen LogP contribution in [0.1, 0.15) is 26.3 Å². The maximum atomic E-state index is 12.2. The minimum absolute atomic E-state index is 0.0336. The van der Waals surface area contributed by atoms with Gasteiger partial charge >= 0.3 is 11.9 Å². The number of nitrogens with one attached hydrogen (secondary N) is 1. The Morgan fingerprint density at radius 1 is 1.06 bits per heavy atom. The number of rotatable bonds is 9. The summed E-state index contributed by atoms with van der Waals surface area (Å²) < 4.78 is 31.8. The van der Waals surface area contributed by atoms with Gasteiger partial charge in [-0.3, -0.25) is 14.9 Å². The minimum atomic E-state index is -3.79. The second-order valence-corrected chi connectivity index (χ2v) is 7.94. The van der Waals surface area contributed by atoms with Crippen LogP contribution in [-0.2, 0) is 30.7 Å². The number of nitro benzene ring substituents is 1. The van der Waals surface area contributed by atoms with E-state index in [2.05, 4.69) is 10.1 Å². The van der Waals surface area contributed by atoms with E-state index in [4.69, 9.17) is 9.88 Å². The fraction of sp³-hybridized carbons (Fsp3) is 0.211. The Labute approximate surface area is 182 Å². The van der Waals surface area contributed by atoms with Crippen LogP contribution < -0.4 is 10.5 Å². The summed E-state index contributed by atoms with van der Waals surface area (Å²) in [5.74, 6) is -2.54. The maximum Gasteiger partial charge on any atom is 0.338 e. The van der Waals surface area contributed by atoms with E-state index in [1.54, 1.807) is 12.1 Å². The third kappa shape index (κ3) is 6.85. The molecular weight excluding hydrogens is 446 g/mol. The number of nitrogens with zero attached hydrogens (tertiary/aromatic N) is 1. The van der Waals surface area contributed by atoms with E-state index >= 15 is 0 Å². The van der Waals surface area contributed by atoms with Crippen molar-refractivity contribution in [3.8, 4) is 0 Å². The molecule has 1 amide bonds. The highest BCUT2D eigenvalue weighted by atomic mass is 32.2. The first-order valence-corrected chi connectivity index (χ1v) is 10.5. The molecule has 0 aromatic heterocycles. The molecule has 0 unspecified atom stereocenters. The standard InChI is InChI=1S/C19H19N3O9S/c1-30-18(24)13-8-14(10-15(9-13)22(26)27)19(25)31-11-17(23)21-7-6-12-2-4-16(5-3-12)32(20,28)29/h2-5,8-10H,6-7,11H2,1H3,(H,21,23)(H2,20,28,29). The monoisotopic (exact) mass is 465 g/mol. The Balaban J connectivity index is 1.90. The molecule has 0 aliphatic carbocycles. The van der Waals surface area contributed by atoms with E-state index in [0.29, 0.717) is 6.42 Å². The zero-order valence-electron chi connectivity index (χ0n) is 16.8. The maximum absolute atomic E-state index is 12.2. The lowest BCUT2D eigenvalue weighted by Gasteiger charge is -2.08. The highest BCUT2D eigenvalue weighted by molar-refractivity contribution is 7.89. The predicted octanol–water partition coefficient (Wildman–Crippen LogP) is 0.545. The van der Waals surface area contributed by atoms with Gasteiger partial charge in [-0.1, -0.05) is 12.1 Å². The van der Waals surface area contributed by atoms with Gasteiger partial charge in [0.1, 0.15) is 0 Å². The highest BCUT2D eigenvalue weighted by Crippen LogP contribution is 2.19. The number of sulfonamides is 1. The van der Waals surface area contributed by atoms with Crippen LogP contribution in [0.4, 0.5) is 5.69 Å². The molecule has 32 heavy (non-hydrogen) atoms. The molecule has 13 heteroatoms. The van der Waals surface area contributed by atoms with E-state index in [-0.39, 0.29) is 22.6 Å². The number of carbonyl (C=O) groups is 3. The number of ether oxygens (including phenoxy) is 2. The van der Waals surface area contributed by atoms with Crippen molar-refractivity contribution in [2.24, 2.45) is 5.14 Å². The van der Waals surface area contributed by atoms with Gasteiger partial charge in [-0.15, -0.1) is 0 Å². The number of hydrogen-bond donors (Lipinski definition) is 2. The Hall–Kier alpha value is -3.84. The molecule has 0 saturated heterocycles. The van der Waals surface area contributed by atoms with Gasteiger partial charge in [-0.25, -0.2) is 23.1 Å². The number of methoxy groups -OCH3 is 1. The van der Waals surface area contributed by atoms with Crippen molar-refractivity contribution in [3.63, 3.8) is 0 Å². The van der Waals surface area contributed by atoms with Crippen LogP contribution in [0.5, 0.6) is 0 Å². The van der Waals surface area contributed by atoms with Gasteiger partial charge in [0.05, 0.1) is 28.1 Å². The fourth-order valence-electron chi connectivity index (χ4n) is 2.53. The van der Waals surface area contributed by atoms with E-state index < -0.39 is 45.1 Å². The smallest absolute Gasteiger partial charge is 0.338 e. The van der Waals surface area contributed by atoms with Gasteiger partial charge in [0.2, 0.25) is 10.0 Å². The number of nitrogens with two attached hydrogens (primary N) is 1. The summed E-state index contributed by atoms with van der Waals surface area (Å²) in [6.45, 7) is -0.478. The first kappa shape index (κ1) is 24.4. The second kappa shape index (κ2) is 10.5. The van der Waals surface area contributed by atoms with Gasteiger partial charge in [0.25, 0.3) is 11.6 Å². The molecule has 0 radical (unpaired) electrons. The average Bonchev–Trinajstić information content (AvgIpc) is 2.76. The molecule has 12 nitrogen and oxygen atoms in total. The molecule has 170 valence electrons. The predicted molar refractivity (Wildman–Crippen MR) is 109 cm³/mol. The Morgan fingerprint density at radius 3 is 2.19 bits per heavy atom. The SMILES string of the molecule is COC(=O)c1cc(C(=O)OCC(=O)NCCc2ccc(S(N)(=O)=O)cc2)cc([N+](=O)[O-])c1. The van der Waals surface area contributed by atoms with Gasteiger partial charge < -0.3 is 14.8 Å². The molecule has 0 bridgehead atoms. The zero-order chi connectivity index (χ0) is 23.9. The van der Waals surface area contributed by atoms with Gasteiger partial charge in [0.15, 0.2) is 6.61 Å². The summed E-state index contributed by atoms with van der Waals surface area (Å²) in [6.07, 6.45) is 0.373. The van der Waals surface area contributed by atoms with Crippen LogP contribution in [0.3, 0.4) is 0 Å². The van der Waals surface area contributed by atoms with E-state index in [1.807, 2.05) is 0 Å². The number of non-ortho nitro benzene ring substituents is 1. The van der Waals surface area contributed by atoms with Crippen molar-refractivity contribution in [3.05, 3.63) is 69.3 Å². The molecular formula is C19H19N3O9S. The van der Waals surface area contributed by atoms with Crippen LogP contribution in [0.15, 0.2) is 47.4 Å². The summed E-state index contributed by atoms with van der Waals surface area (Å²) in [5, 5.41) is 18.5. The Bertz CT molecular complexity index is 1150. The number of carbonyl (C=O) groups excluding carboxylic acids is 3. The lowest BCUT2D eigenvalue weighted by atomic mass is 10.1. The second-order valence-electron chi connectivity index (χ2n) is 6.38. The number of primary sulfonamides is 1. The number of nitro groups is 1. The van der Waals surface area contributed by atoms with Crippen molar-refractivity contribution in [2.45, 2.75) is 11.3 Å². The lowest BCUT2D eigenvalue weighted by Crippen LogP contribution is -2.30. The number of esters is 2. The van der Waals surface area contributed by atoms with Crippen LogP contribution in [0.2, 0.25) is 0 Å². The fourth-order valence-corrected chi connectivity index (χ4v) is 3.04. The topological polar surface area (TPSA) is 185 Å². The molecule has 3 N–H and O–H groups in total. The molecule has 2 aromatic carbocycles. The van der Waals surface area contributed by atoms with Crippen LogP contribution in [0, 0.1) is 10.1 Å². The van der Waals surface area contributed by atoms with Crippen LogP contribution >= 0.6 is 0 Å². The summed E-state index contributed by atoms with van der Waals surface area (Å²) in [5.41, 5.74) is -0.284. The quantitative estimate of drug-likeness (QED) is 0.303. The first-order valence-electron chi connectivity index (χ1n) is 8.94. The van der Waals surface area contributed by atoms with E-state index in [0.717, 1.165) is 30.9 Å². The molecule has 2 aromatic rings. The molecule has 0 spiro atoms. The first-order chi connectivity index (χ1) is 15.0. The number of benzene rings is 2. The third-order valence-electron chi connectivity index (χ3n) is 4.11. The average molecular weight is 465 g/mol. The highest BCUT2D eigenvalue weighted by Gasteiger charge is 2.20. The number of amides is 1. The van der Waals surface area contributed by atoms with E-state index in [9.17, 15) is 32.9 Å². The van der Waals surface area contributed by atoms with E-state index in [1.165, 1.54) is 12.1 Å². The summed E-state index contributed by atoms with van der Waals surface area (Å²) in [7, 11) is -2.71. The Morgan fingerprint density at radius 2 is 1.66 bits per heavy atom. The van der Waals surface area contributed by atoms with Crippen molar-refractivity contribution in [1.29, 1.82) is 0 Å². The number of hydrogen-bond acceptors (Lipinski definition) is 9. The molecule has 0 saturated carbocycles. The van der Waals surface area contributed by atoms with Crippen LogP contribution in [0.25, 0.3) is 0 Å². The molecule has 2 rings (SSSR count). The van der Waals surface area contributed by atoms with Crippen molar-refractivity contribution >= 4 is 33.6 Å². The molecule has 0 heterocycles. The van der Waals surface area contributed by atoms with Crippen LogP contribution in [-0.4, -0.2) is 51.4 Å². The van der Waals surface area contributed by atoms with Gasteiger partial charge in [-0.05, 0) is 30.2 Å². The summed E-state index contributed by atoms with van der Waals surface area (Å²) in [4.78, 5) is 45.9.